The molecular formula is C10H24N3O+. The second-order valence-corrected chi connectivity index (χ2v) is 3.55. The van der Waals surface area contributed by atoms with Crippen LogP contribution in [0.4, 0.5) is 0 Å². The summed E-state index contributed by atoms with van der Waals surface area (Å²) in [7, 11) is 2.19. The topological polar surface area (TPSA) is 50.8 Å². The van der Waals surface area contributed by atoms with Crippen molar-refractivity contribution in [1.82, 2.24) is 4.90 Å². The summed E-state index contributed by atoms with van der Waals surface area (Å²) in [6, 6.07) is 0. The van der Waals surface area contributed by atoms with Crippen LogP contribution in [0.5, 0.6) is 0 Å². The van der Waals surface area contributed by atoms with Gasteiger partial charge in [0.1, 0.15) is 0 Å². The fraction of sp³-hybridized carbons (Fsp3) is 0.900. The molecule has 4 nitrogen and oxygen atoms in total. The number of amides is 1. The van der Waals surface area contributed by atoms with Crippen LogP contribution < -0.4 is 10.6 Å². The second-order valence-electron chi connectivity index (χ2n) is 3.55. The van der Waals surface area contributed by atoms with Crippen LogP contribution in [-0.4, -0.2) is 50.6 Å². The monoisotopic (exact) mass is 202 g/mol. The summed E-state index contributed by atoms with van der Waals surface area (Å²) >= 11 is 0. The molecule has 0 spiro atoms. The summed E-state index contributed by atoms with van der Waals surface area (Å²) in [6.07, 6.45) is 1.17. The number of likely N-dealkylation sites (N-methyl/N-ethyl adjacent to an activating group) is 1. The molecule has 0 bridgehead atoms. The van der Waals surface area contributed by atoms with Gasteiger partial charge in [-0.05, 0) is 0 Å². The molecule has 1 fully saturated rings. The quantitative estimate of drug-likeness (QED) is 0.586. The van der Waals surface area contributed by atoms with Crippen molar-refractivity contribution in [2.45, 2.75) is 20.3 Å². The Balaban J connectivity index is 0.000000791. The first kappa shape index (κ1) is 13.4. The van der Waals surface area contributed by atoms with Crippen LogP contribution in [0.1, 0.15) is 20.3 Å². The first-order chi connectivity index (χ1) is 6.68. The molecule has 1 unspecified atom stereocenters. The van der Waals surface area contributed by atoms with E-state index in [1.807, 2.05) is 13.8 Å². The van der Waals surface area contributed by atoms with Gasteiger partial charge in [-0.25, -0.2) is 0 Å². The van der Waals surface area contributed by atoms with Crippen molar-refractivity contribution in [2.75, 3.05) is 39.8 Å². The van der Waals surface area contributed by atoms with E-state index in [-0.39, 0.29) is 5.91 Å². The Bertz CT molecular complexity index is 161. The summed E-state index contributed by atoms with van der Waals surface area (Å²) in [4.78, 5) is 14.3. The average molecular weight is 202 g/mol. The molecule has 0 aliphatic carbocycles. The lowest BCUT2D eigenvalue weighted by atomic mass is 10.4. The molecule has 1 heterocycles. The van der Waals surface area contributed by atoms with E-state index in [1.54, 1.807) is 4.90 Å². The van der Waals surface area contributed by atoms with Gasteiger partial charge in [-0.2, -0.15) is 0 Å². The predicted octanol–water partition coefficient (Wildman–Crippen LogP) is -1.28. The zero-order valence-electron chi connectivity index (χ0n) is 9.68. The fourth-order valence-electron chi connectivity index (χ4n) is 1.57. The van der Waals surface area contributed by atoms with E-state index in [2.05, 4.69) is 11.9 Å². The van der Waals surface area contributed by atoms with Crippen LogP contribution in [0, 0.1) is 0 Å². The Morgan fingerprint density at radius 2 is 2.00 bits per heavy atom. The number of hydrogen-bond donors (Lipinski definition) is 2. The summed E-state index contributed by atoms with van der Waals surface area (Å²) in [5.74, 6) is -0.213. The Morgan fingerprint density at radius 3 is 2.57 bits per heavy atom. The van der Waals surface area contributed by atoms with Crippen LogP contribution in [0.25, 0.3) is 0 Å². The fourth-order valence-corrected chi connectivity index (χ4v) is 1.57. The van der Waals surface area contributed by atoms with Crippen molar-refractivity contribution >= 4 is 5.91 Å². The highest BCUT2D eigenvalue weighted by Crippen LogP contribution is 1.90. The van der Waals surface area contributed by atoms with Gasteiger partial charge in [0.15, 0.2) is 0 Å². The van der Waals surface area contributed by atoms with Crippen LogP contribution in [0.2, 0.25) is 0 Å². The van der Waals surface area contributed by atoms with Gasteiger partial charge in [-0.1, -0.05) is 13.8 Å². The molecule has 1 rings (SSSR count). The number of primary amides is 1. The number of hydrogen-bond acceptors (Lipinski definition) is 2. The number of carbonyl (C=O) groups excluding carboxylic acids is 1. The molecule has 1 aliphatic heterocycles. The van der Waals surface area contributed by atoms with Gasteiger partial charge < -0.3 is 10.6 Å². The van der Waals surface area contributed by atoms with Crippen molar-refractivity contribution in [3.63, 3.8) is 0 Å². The minimum atomic E-state index is -0.213. The Kier molecular flexibility index (Phi) is 7.42. The van der Waals surface area contributed by atoms with Gasteiger partial charge in [0, 0.05) is 19.5 Å². The van der Waals surface area contributed by atoms with E-state index in [0.717, 1.165) is 19.6 Å². The predicted molar refractivity (Wildman–Crippen MR) is 58.2 cm³/mol. The highest BCUT2D eigenvalue weighted by atomic mass is 16.1. The number of carbonyl (C=O) groups is 1. The lowest BCUT2D eigenvalue weighted by Crippen LogP contribution is -3.09. The number of nitrogens with two attached hydrogens (primary N) is 1. The van der Waals surface area contributed by atoms with Crippen molar-refractivity contribution in [3.05, 3.63) is 0 Å². The molecule has 3 N–H and O–H groups in total. The van der Waals surface area contributed by atoms with E-state index >= 15 is 0 Å². The maximum atomic E-state index is 10.6. The molecule has 0 aromatic carbocycles. The number of nitrogens with one attached hydrogen (secondary N) is 1. The molecule has 0 radical (unpaired) electrons. The standard InChI is InChI=1S/C8H17N3O.C2H6/c1-10-3-2-4-11(6-5-10)7-8(9)12;1-2/h2-7H2,1H3,(H2,9,12);1-2H3/p+1. The zero-order chi connectivity index (χ0) is 11.0. The lowest BCUT2D eigenvalue weighted by Gasteiger charge is -2.16. The largest absolute Gasteiger partial charge is 0.369 e. The number of rotatable bonds is 2. The van der Waals surface area contributed by atoms with Gasteiger partial charge in [-0.15, -0.1) is 0 Å². The molecule has 0 aromatic heterocycles. The van der Waals surface area contributed by atoms with Gasteiger partial charge >= 0.3 is 0 Å². The molecule has 84 valence electrons. The van der Waals surface area contributed by atoms with E-state index < -0.39 is 0 Å². The number of quaternary nitrogens is 1. The van der Waals surface area contributed by atoms with E-state index in [0.29, 0.717) is 6.54 Å². The molecule has 1 amide bonds. The molecule has 0 saturated carbocycles. The van der Waals surface area contributed by atoms with Crippen molar-refractivity contribution < 1.29 is 9.69 Å². The first-order valence-electron chi connectivity index (χ1n) is 5.50. The van der Waals surface area contributed by atoms with Gasteiger partial charge in [0.05, 0.1) is 26.7 Å². The molecule has 1 aliphatic rings. The minimum absolute atomic E-state index is 0.213. The van der Waals surface area contributed by atoms with Gasteiger partial charge in [-0.3, -0.25) is 9.69 Å². The van der Waals surface area contributed by atoms with E-state index in [1.165, 1.54) is 13.0 Å². The third kappa shape index (κ3) is 5.94. The molecule has 1 atom stereocenters. The Labute approximate surface area is 87.0 Å². The Morgan fingerprint density at radius 1 is 1.36 bits per heavy atom. The molecular weight excluding hydrogens is 178 g/mol. The SMILES string of the molecule is CC.C[NH+]1CCCN(CC(N)=O)CC1. The van der Waals surface area contributed by atoms with Gasteiger partial charge in [0.25, 0.3) is 0 Å². The summed E-state index contributed by atoms with van der Waals surface area (Å²) < 4.78 is 0. The summed E-state index contributed by atoms with van der Waals surface area (Å²) in [6.45, 7) is 8.75. The normalized spacial score (nSPS) is 23.2. The lowest BCUT2D eigenvalue weighted by molar-refractivity contribution is -0.877. The molecule has 4 heteroatoms. The average Bonchev–Trinajstić information content (AvgIpc) is 2.34. The van der Waals surface area contributed by atoms with Crippen molar-refractivity contribution in [2.24, 2.45) is 5.73 Å². The van der Waals surface area contributed by atoms with Crippen molar-refractivity contribution in [3.8, 4) is 0 Å². The third-order valence-corrected chi connectivity index (χ3v) is 2.31. The first-order valence-corrected chi connectivity index (χ1v) is 5.50. The molecule has 0 aromatic rings. The van der Waals surface area contributed by atoms with Crippen molar-refractivity contribution in [1.29, 1.82) is 0 Å². The minimum Gasteiger partial charge on any atom is -0.369 e. The zero-order valence-corrected chi connectivity index (χ0v) is 9.68. The maximum Gasteiger partial charge on any atom is 0.231 e. The third-order valence-electron chi connectivity index (χ3n) is 2.31. The van der Waals surface area contributed by atoms with Gasteiger partial charge in [0.2, 0.25) is 5.91 Å². The van der Waals surface area contributed by atoms with Crippen LogP contribution in [-0.2, 0) is 4.79 Å². The molecule has 14 heavy (non-hydrogen) atoms. The van der Waals surface area contributed by atoms with E-state index in [4.69, 9.17) is 5.73 Å². The number of nitrogens with zero attached hydrogens (tertiary/aromatic N) is 1. The van der Waals surface area contributed by atoms with E-state index in [9.17, 15) is 4.79 Å². The highest BCUT2D eigenvalue weighted by molar-refractivity contribution is 5.75. The summed E-state index contributed by atoms with van der Waals surface area (Å²) in [5.41, 5.74) is 5.12. The summed E-state index contributed by atoms with van der Waals surface area (Å²) in [5, 5.41) is 0. The van der Waals surface area contributed by atoms with Crippen LogP contribution in [0.15, 0.2) is 0 Å². The maximum absolute atomic E-state index is 10.6. The highest BCUT2D eigenvalue weighted by Gasteiger charge is 2.15. The Hall–Kier alpha value is -0.610. The van der Waals surface area contributed by atoms with Crippen LogP contribution >= 0.6 is 0 Å². The smallest absolute Gasteiger partial charge is 0.231 e. The molecule has 1 saturated heterocycles. The van der Waals surface area contributed by atoms with Crippen LogP contribution in [0.3, 0.4) is 0 Å². The second kappa shape index (κ2) is 7.76.